The first-order valence-corrected chi connectivity index (χ1v) is 12.9. The van der Waals surface area contributed by atoms with E-state index in [1.165, 1.54) is 12.1 Å². The van der Waals surface area contributed by atoms with Crippen LogP contribution in [0.5, 0.6) is 0 Å². The molecule has 192 valence electrons. The Kier molecular flexibility index (Phi) is 8.40. The molecule has 0 aliphatic heterocycles. The van der Waals surface area contributed by atoms with Crippen LogP contribution < -0.4 is 16.3 Å². The molecule has 1 aliphatic rings. The molecule has 0 atom stereocenters. The molecule has 1 saturated carbocycles. The number of imidazole rings is 1. The van der Waals surface area contributed by atoms with Gasteiger partial charge < -0.3 is 10.6 Å². The van der Waals surface area contributed by atoms with Crippen molar-refractivity contribution in [3.8, 4) is 17.1 Å². The third-order valence-electron chi connectivity index (χ3n) is 6.44. The number of benzene rings is 1. The summed E-state index contributed by atoms with van der Waals surface area (Å²) in [4.78, 5) is 34.3. The van der Waals surface area contributed by atoms with Crippen LogP contribution in [0.2, 0.25) is 0 Å². The van der Waals surface area contributed by atoms with Crippen molar-refractivity contribution < 1.29 is 9.18 Å². The lowest BCUT2D eigenvalue weighted by Crippen LogP contribution is -2.40. The second-order valence-corrected chi connectivity index (χ2v) is 9.81. The first-order valence-electron chi connectivity index (χ1n) is 12.4. The molecular weight excluding hydrogens is 483 g/mol. The molecule has 8 nitrogen and oxygen atoms in total. The van der Waals surface area contributed by atoms with Gasteiger partial charge in [-0.15, -0.1) is 11.6 Å². The Hall–Kier alpha value is -3.20. The Morgan fingerprint density at radius 1 is 1.14 bits per heavy atom. The quantitative estimate of drug-likeness (QED) is 0.404. The molecule has 1 aromatic carbocycles. The highest BCUT2D eigenvalue weighted by Gasteiger charge is 2.23. The van der Waals surface area contributed by atoms with Crippen LogP contribution in [0, 0.1) is 5.82 Å². The second kappa shape index (κ2) is 11.7. The second-order valence-electron chi connectivity index (χ2n) is 9.43. The Morgan fingerprint density at radius 3 is 2.50 bits per heavy atom. The molecule has 0 saturated heterocycles. The number of nitrogens with zero attached hydrogens (tertiary/aromatic N) is 4. The van der Waals surface area contributed by atoms with Crippen LogP contribution in [0.15, 0.2) is 47.5 Å². The van der Waals surface area contributed by atoms with Crippen molar-refractivity contribution in [2.75, 3.05) is 11.2 Å². The Morgan fingerprint density at radius 2 is 1.83 bits per heavy atom. The fourth-order valence-electron chi connectivity index (χ4n) is 4.52. The number of carbonyl (C=O) groups is 1. The summed E-state index contributed by atoms with van der Waals surface area (Å²) in [5.74, 6) is 0.668. The van der Waals surface area contributed by atoms with Gasteiger partial charge >= 0.3 is 5.69 Å². The minimum absolute atomic E-state index is 0.0528. The normalized spacial score (nSPS) is 17.8. The molecule has 1 fully saturated rings. The van der Waals surface area contributed by atoms with Gasteiger partial charge in [0, 0.05) is 42.8 Å². The average Bonchev–Trinajstić information content (AvgIpc) is 3.22. The van der Waals surface area contributed by atoms with Crippen molar-refractivity contribution in [2.24, 2.45) is 0 Å². The predicted molar refractivity (Wildman–Crippen MR) is 139 cm³/mol. The number of hydrogen-bond donors (Lipinski definition) is 2. The average molecular weight is 515 g/mol. The topological polar surface area (TPSA) is 93.8 Å². The summed E-state index contributed by atoms with van der Waals surface area (Å²) in [6.45, 7) is 3.87. The first-order chi connectivity index (χ1) is 17.4. The maximum atomic E-state index is 13.5. The molecule has 0 spiro atoms. The number of hydrogen-bond acceptors (Lipinski definition) is 5. The van der Waals surface area contributed by atoms with E-state index in [1.807, 2.05) is 13.8 Å². The van der Waals surface area contributed by atoms with Crippen molar-refractivity contribution >= 4 is 23.5 Å². The highest BCUT2D eigenvalue weighted by Crippen LogP contribution is 2.25. The lowest BCUT2D eigenvalue weighted by Gasteiger charge is -2.29. The van der Waals surface area contributed by atoms with Crippen LogP contribution in [-0.4, -0.2) is 43.0 Å². The molecule has 4 rings (SSSR count). The van der Waals surface area contributed by atoms with E-state index in [0.29, 0.717) is 41.7 Å². The largest absolute Gasteiger partial charge is 0.353 e. The number of amides is 1. The van der Waals surface area contributed by atoms with E-state index in [2.05, 4.69) is 15.6 Å². The molecule has 1 aliphatic carbocycles. The van der Waals surface area contributed by atoms with Crippen molar-refractivity contribution in [1.29, 1.82) is 0 Å². The Balaban J connectivity index is 1.50. The van der Waals surface area contributed by atoms with E-state index in [0.717, 1.165) is 25.7 Å². The molecule has 0 unspecified atom stereocenters. The molecule has 0 radical (unpaired) electrons. The van der Waals surface area contributed by atoms with Crippen molar-refractivity contribution in [2.45, 2.75) is 70.5 Å². The van der Waals surface area contributed by atoms with Gasteiger partial charge in [-0.25, -0.2) is 19.2 Å². The summed E-state index contributed by atoms with van der Waals surface area (Å²) in [7, 11) is 0. The third-order valence-corrected chi connectivity index (χ3v) is 6.70. The van der Waals surface area contributed by atoms with Crippen molar-refractivity contribution in [3.05, 3.63) is 59.0 Å². The van der Waals surface area contributed by atoms with Crippen LogP contribution in [-0.2, 0) is 4.79 Å². The number of alkyl halides is 1. The zero-order chi connectivity index (χ0) is 25.7. The zero-order valence-electron chi connectivity index (χ0n) is 20.6. The highest BCUT2D eigenvalue weighted by atomic mass is 35.5. The van der Waals surface area contributed by atoms with Gasteiger partial charge in [0.1, 0.15) is 5.82 Å². The number of nitrogens with one attached hydrogen (secondary N) is 2. The maximum absolute atomic E-state index is 13.5. The fraction of sp³-hybridized carbons (Fsp3) is 0.462. The molecule has 3 aromatic rings. The van der Waals surface area contributed by atoms with E-state index in [4.69, 9.17) is 16.6 Å². The van der Waals surface area contributed by atoms with E-state index in [9.17, 15) is 14.0 Å². The van der Waals surface area contributed by atoms with Gasteiger partial charge in [0.15, 0.2) is 0 Å². The number of halogens is 2. The molecule has 2 aromatic heterocycles. The maximum Gasteiger partial charge on any atom is 0.333 e. The van der Waals surface area contributed by atoms with Crippen LogP contribution in [0.1, 0.15) is 58.4 Å². The van der Waals surface area contributed by atoms with Gasteiger partial charge in [-0.05, 0) is 76.3 Å². The highest BCUT2D eigenvalue weighted by molar-refractivity contribution is 6.17. The Bertz CT molecular complexity index is 1230. The van der Waals surface area contributed by atoms with E-state index in [-0.39, 0.29) is 35.5 Å². The molecular formula is C26H32ClFN6O2. The van der Waals surface area contributed by atoms with E-state index >= 15 is 0 Å². The standard InChI is InChI=1S/C26H32ClFN6O2/c1-17(2)33-16-23(34(26(33)36)21-11-5-18(28)6-12-21)22-13-15-29-25(32-22)31-20-9-7-19(8-10-20)30-24(35)4-3-14-27/h5-6,11-13,15-17,19-20H,3-4,7-10,14H2,1-2H3,(H,30,35)(H,29,31,32). The molecule has 2 N–H and O–H groups in total. The van der Waals surface area contributed by atoms with Crippen molar-refractivity contribution in [1.82, 2.24) is 24.4 Å². The van der Waals surface area contributed by atoms with Gasteiger partial charge in [-0.3, -0.25) is 13.9 Å². The summed E-state index contributed by atoms with van der Waals surface area (Å²) < 4.78 is 16.7. The first kappa shape index (κ1) is 25.9. The lowest BCUT2D eigenvalue weighted by molar-refractivity contribution is -0.122. The predicted octanol–water partition coefficient (Wildman–Crippen LogP) is 4.67. The summed E-state index contributed by atoms with van der Waals surface area (Å²) in [6.07, 6.45) is 8.13. The third kappa shape index (κ3) is 6.13. The number of carbonyl (C=O) groups excluding carboxylic acids is 1. The van der Waals surface area contributed by atoms with E-state index < -0.39 is 0 Å². The number of aromatic nitrogens is 4. The molecule has 1 amide bonds. The SMILES string of the molecule is CC(C)n1cc(-c2ccnc(NC3CCC(NC(=O)CCCCl)CC3)n2)n(-c2ccc(F)cc2)c1=O. The summed E-state index contributed by atoms with van der Waals surface area (Å²) in [6, 6.07) is 7.91. The smallest absolute Gasteiger partial charge is 0.333 e. The molecule has 0 bridgehead atoms. The molecule has 10 heteroatoms. The van der Waals surface area contributed by atoms with Crippen LogP contribution in [0.4, 0.5) is 10.3 Å². The fourth-order valence-corrected chi connectivity index (χ4v) is 4.65. The van der Waals surface area contributed by atoms with Crippen LogP contribution >= 0.6 is 11.6 Å². The zero-order valence-corrected chi connectivity index (χ0v) is 21.3. The van der Waals surface area contributed by atoms with Gasteiger partial charge in [0.25, 0.3) is 0 Å². The van der Waals surface area contributed by atoms with Gasteiger partial charge in [0.05, 0.1) is 17.1 Å². The summed E-state index contributed by atoms with van der Waals surface area (Å²) >= 11 is 5.67. The summed E-state index contributed by atoms with van der Waals surface area (Å²) in [5.41, 5.74) is 1.55. The van der Waals surface area contributed by atoms with E-state index in [1.54, 1.807) is 39.7 Å². The minimum atomic E-state index is -0.366. The van der Waals surface area contributed by atoms with Crippen molar-refractivity contribution in [3.63, 3.8) is 0 Å². The Labute approximate surface area is 214 Å². The van der Waals surface area contributed by atoms with Gasteiger partial charge in [-0.2, -0.15) is 0 Å². The molecule has 36 heavy (non-hydrogen) atoms. The van der Waals surface area contributed by atoms with Crippen LogP contribution in [0.3, 0.4) is 0 Å². The summed E-state index contributed by atoms with van der Waals surface area (Å²) in [5, 5.41) is 6.51. The van der Waals surface area contributed by atoms with Crippen LogP contribution in [0.25, 0.3) is 17.1 Å². The number of anilines is 1. The monoisotopic (exact) mass is 514 g/mol. The van der Waals surface area contributed by atoms with Gasteiger partial charge in [-0.1, -0.05) is 0 Å². The molecule has 2 heterocycles. The minimum Gasteiger partial charge on any atom is -0.353 e. The lowest BCUT2D eigenvalue weighted by atomic mass is 9.91. The number of rotatable bonds is 9. The van der Waals surface area contributed by atoms with Gasteiger partial charge in [0.2, 0.25) is 11.9 Å².